The highest BCUT2D eigenvalue weighted by Crippen LogP contribution is 2.33. The number of thiophene rings is 1. The molecule has 4 N–H and O–H groups in total. The molecule has 0 radical (unpaired) electrons. The van der Waals surface area contributed by atoms with E-state index in [-0.39, 0.29) is 27.6 Å². The van der Waals surface area contributed by atoms with Crippen LogP contribution in [0.3, 0.4) is 0 Å². The van der Waals surface area contributed by atoms with Crippen molar-refractivity contribution >= 4 is 28.2 Å². The van der Waals surface area contributed by atoms with Gasteiger partial charge in [0.15, 0.2) is 0 Å². The molecule has 0 aliphatic heterocycles. The van der Waals surface area contributed by atoms with Crippen LogP contribution in [0.15, 0.2) is 18.2 Å². The predicted molar refractivity (Wildman–Crippen MR) is 78.5 cm³/mol. The van der Waals surface area contributed by atoms with Crippen molar-refractivity contribution in [1.82, 2.24) is 0 Å². The Hall–Kier alpha value is -2.54. The van der Waals surface area contributed by atoms with Crippen molar-refractivity contribution in [1.29, 1.82) is 0 Å². The van der Waals surface area contributed by atoms with Crippen LogP contribution in [0, 0.1) is 13.8 Å². The summed E-state index contributed by atoms with van der Waals surface area (Å²) in [6.07, 6.45) is 0. The Bertz CT molecular complexity index is 735. The Morgan fingerprint density at radius 3 is 2.48 bits per heavy atom. The molecule has 0 bridgehead atoms. The molecule has 6 nitrogen and oxygen atoms in total. The number of carboxylic acid groups (broad SMARTS) is 1. The van der Waals surface area contributed by atoms with Crippen LogP contribution in [-0.2, 0) is 0 Å². The van der Waals surface area contributed by atoms with Crippen LogP contribution in [0.4, 0.5) is 5.00 Å². The Morgan fingerprint density at radius 2 is 1.86 bits per heavy atom. The van der Waals surface area contributed by atoms with Gasteiger partial charge in [-0.05, 0) is 37.6 Å². The van der Waals surface area contributed by atoms with E-state index in [1.165, 1.54) is 12.1 Å². The molecule has 1 aromatic heterocycles. The molecule has 0 unspecified atom stereocenters. The van der Waals surface area contributed by atoms with E-state index in [2.05, 4.69) is 5.32 Å². The minimum absolute atomic E-state index is 0.0329. The fourth-order valence-corrected chi connectivity index (χ4v) is 2.90. The van der Waals surface area contributed by atoms with Crippen LogP contribution >= 0.6 is 11.3 Å². The molecule has 0 aliphatic rings. The molecule has 1 amide bonds. The van der Waals surface area contributed by atoms with E-state index in [1.807, 2.05) is 0 Å². The van der Waals surface area contributed by atoms with Gasteiger partial charge in [-0.2, -0.15) is 0 Å². The van der Waals surface area contributed by atoms with E-state index >= 15 is 0 Å². The van der Waals surface area contributed by atoms with E-state index in [9.17, 15) is 24.9 Å². The molecule has 0 saturated carbocycles. The van der Waals surface area contributed by atoms with Gasteiger partial charge in [0.2, 0.25) is 0 Å². The lowest BCUT2D eigenvalue weighted by molar-refractivity contribution is 0.0697. The lowest BCUT2D eigenvalue weighted by atomic mass is 10.1. The number of benzene rings is 1. The number of aromatic carboxylic acids is 1. The maximum absolute atomic E-state index is 12.1. The summed E-state index contributed by atoms with van der Waals surface area (Å²) in [7, 11) is 0. The molecule has 0 saturated heterocycles. The summed E-state index contributed by atoms with van der Waals surface area (Å²) in [5.41, 5.74) is 0.489. The molecule has 110 valence electrons. The quantitative estimate of drug-likeness (QED) is 0.652. The van der Waals surface area contributed by atoms with Crippen LogP contribution in [0.25, 0.3) is 0 Å². The molecule has 1 heterocycles. The second-order valence-electron chi connectivity index (χ2n) is 4.45. The number of aromatic hydroxyl groups is 2. The number of rotatable bonds is 3. The van der Waals surface area contributed by atoms with Crippen molar-refractivity contribution < 1.29 is 24.9 Å². The van der Waals surface area contributed by atoms with Crippen molar-refractivity contribution in [2.75, 3.05) is 5.32 Å². The number of nitrogens with one attached hydrogen (secondary N) is 1. The summed E-state index contributed by atoms with van der Waals surface area (Å²) in [5.74, 6) is -2.29. The van der Waals surface area contributed by atoms with Crippen molar-refractivity contribution in [3.8, 4) is 11.5 Å². The van der Waals surface area contributed by atoms with Crippen LogP contribution in [-0.4, -0.2) is 27.2 Å². The van der Waals surface area contributed by atoms with Crippen molar-refractivity contribution in [3.05, 3.63) is 39.8 Å². The molecule has 2 aromatic rings. The zero-order valence-electron chi connectivity index (χ0n) is 11.3. The lowest BCUT2D eigenvalue weighted by Crippen LogP contribution is -2.13. The second-order valence-corrected chi connectivity index (χ2v) is 5.67. The van der Waals surface area contributed by atoms with Gasteiger partial charge in [-0.1, -0.05) is 0 Å². The summed E-state index contributed by atoms with van der Waals surface area (Å²) in [5, 5.41) is 30.9. The van der Waals surface area contributed by atoms with Crippen LogP contribution < -0.4 is 5.32 Å². The standard InChI is InChI=1S/C14H13NO5S/c1-6-7(2)21-13(11(6)14(19)20)15-12(18)9-5-8(16)3-4-10(9)17/h3-5,16-17H,1-2H3,(H,15,18)(H,19,20). The minimum atomic E-state index is -1.13. The first-order chi connectivity index (χ1) is 9.81. The summed E-state index contributed by atoms with van der Waals surface area (Å²) < 4.78 is 0. The summed E-state index contributed by atoms with van der Waals surface area (Å²) in [4.78, 5) is 24.2. The maximum Gasteiger partial charge on any atom is 0.338 e. The topological polar surface area (TPSA) is 107 Å². The molecular formula is C14H13NO5S. The fraction of sp³-hybridized carbons (Fsp3) is 0.143. The highest BCUT2D eigenvalue weighted by Gasteiger charge is 2.21. The van der Waals surface area contributed by atoms with E-state index in [0.717, 1.165) is 22.3 Å². The van der Waals surface area contributed by atoms with Crippen molar-refractivity contribution in [2.45, 2.75) is 13.8 Å². The molecule has 0 aliphatic carbocycles. The molecule has 21 heavy (non-hydrogen) atoms. The Morgan fingerprint density at radius 1 is 1.19 bits per heavy atom. The van der Waals surface area contributed by atoms with Gasteiger partial charge in [0.1, 0.15) is 16.5 Å². The van der Waals surface area contributed by atoms with Gasteiger partial charge in [-0.15, -0.1) is 11.3 Å². The van der Waals surface area contributed by atoms with Gasteiger partial charge < -0.3 is 20.6 Å². The number of hydrogen-bond donors (Lipinski definition) is 4. The first-order valence-electron chi connectivity index (χ1n) is 5.98. The smallest absolute Gasteiger partial charge is 0.338 e. The first kappa shape index (κ1) is 14.9. The minimum Gasteiger partial charge on any atom is -0.508 e. The van der Waals surface area contributed by atoms with Gasteiger partial charge in [0.25, 0.3) is 5.91 Å². The van der Waals surface area contributed by atoms with Gasteiger partial charge in [-0.3, -0.25) is 4.79 Å². The van der Waals surface area contributed by atoms with Gasteiger partial charge >= 0.3 is 5.97 Å². The second kappa shape index (κ2) is 5.45. The summed E-state index contributed by atoms with van der Waals surface area (Å²) >= 11 is 1.15. The zero-order valence-corrected chi connectivity index (χ0v) is 12.1. The zero-order chi connectivity index (χ0) is 15.7. The van der Waals surface area contributed by atoms with Crippen molar-refractivity contribution in [3.63, 3.8) is 0 Å². The largest absolute Gasteiger partial charge is 0.508 e. The monoisotopic (exact) mass is 307 g/mol. The average Bonchev–Trinajstić information content (AvgIpc) is 2.67. The average molecular weight is 307 g/mol. The Kier molecular flexibility index (Phi) is 3.86. The van der Waals surface area contributed by atoms with E-state index < -0.39 is 11.9 Å². The first-order valence-corrected chi connectivity index (χ1v) is 6.79. The van der Waals surface area contributed by atoms with Crippen molar-refractivity contribution in [2.24, 2.45) is 0 Å². The molecule has 7 heteroatoms. The molecular weight excluding hydrogens is 294 g/mol. The third-order valence-electron chi connectivity index (χ3n) is 3.05. The number of phenols is 2. The van der Waals surface area contributed by atoms with Crippen LogP contribution in [0.5, 0.6) is 11.5 Å². The van der Waals surface area contributed by atoms with Crippen LogP contribution in [0.1, 0.15) is 31.2 Å². The fourth-order valence-electron chi connectivity index (χ4n) is 1.85. The molecule has 0 atom stereocenters. The van der Waals surface area contributed by atoms with Crippen LogP contribution in [0.2, 0.25) is 0 Å². The highest BCUT2D eigenvalue weighted by atomic mass is 32.1. The number of carbonyl (C=O) groups is 2. The van der Waals surface area contributed by atoms with E-state index in [4.69, 9.17) is 0 Å². The summed E-state index contributed by atoms with van der Waals surface area (Å²) in [6.45, 7) is 3.42. The van der Waals surface area contributed by atoms with Gasteiger partial charge in [0, 0.05) is 4.88 Å². The SMILES string of the molecule is Cc1sc(NC(=O)c2cc(O)ccc2O)c(C(=O)O)c1C. The normalized spacial score (nSPS) is 10.4. The van der Waals surface area contributed by atoms with Gasteiger partial charge in [0.05, 0.1) is 11.1 Å². The predicted octanol–water partition coefficient (Wildman–Crippen LogP) is 2.73. The van der Waals surface area contributed by atoms with Gasteiger partial charge in [-0.25, -0.2) is 4.79 Å². The van der Waals surface area contributed by atoms with E-state index in [0.29, 0.717) is 5.56 Å². The number of amides is 1. The Balaban J connectivity index is 2.38. The number of phenolic OH excluding ortho intramolecular Hbond substituents is 2. The third kappa shape index (κ3) is 2.82. The number of carbonyl (C=O) groups excluding carboxylic acids is 1. The summed E-state index contributed by atoms with van der Waals surface area (Å²) in [6, 6.07) is 3.54. The molecule has 1 aromatic carbocycles. The number of aryl methyl sites for hydroxylation is 1. The third-order valence-corrected chi connectivity index (χ3v) is 4.17. The molecule has 0 spiro atoms. The lowest BCUT2D eigenvalue weighted by Gasteiger charge is -2.07. The number of carboxylic acids is 1. The highest BCUT2D eigenvalue weighted by molar-refractivity contribution is 7.16. The molecule has 2 rings (SSSR count). The number of anilines is 1. The number of hydrogen-bond acceptors (Lipinski definition) is 5. The van der Waals surface area contributed by atoms with E-state index in [1.54, 1.807) is 13.8 Å². The Labute approximate surface area is 124 Å². The maximum atomic E-state index is 12.1. The molecule has 0 fully saturated rings.